The number of hydrogen-bond acceptors (Lipinski definition) is 4. The molecule has 0 aromatic carbocycles. The van der Waals surface area contributed by atoms with Crippen molar-refractivity contribution >= 4 is 29.0 Å². The van der Waals surface area contributed by atoms with Crippen LogP contribution in [0.4, 0.5) is 5.82 Å². The molecule has 15 heavy (non-hydrogen) atoms. The Kier molecular flexibility index (Phi) is 3.29. The van der Waals surface area contributed by atoms with Crippen LogP contribution in [-0.4, -0.2) is 34.3 Å². The fourth-order valence-electron chi connectivity index (χ4n) is 1.85. The minimum absolute atomic E-state index is 0.118. The number of nitrogens with zero attached hydrogens (tertiary/aromatic N) is 3. The molecule has 2 heterocycles. The molecule has 1 aliphatic rings. The van der Waals surface area contributed by atoms with Gasteiger partial charge in [0.05, 0.1) is 12.6 Å². The summed E-state index contributed by atoms with van der Waals surface area (Å²) in [5, 5.41) is 9.65. The average molecular weight is 248 g/mol. The van der Waals surface area contributed by atoms with Crippen molar-refractivity contribution < 1.29 is 5.11 Å². The van der Waals surface area contributed by atoms with Crippen LogP contribution in [0.1, 0.15) is 12.8 Å². The van der Waals surface area contributed by atoms with Crippen LogP contribution < -0.4 is 4.90 Å². The number of aliphatic hydroxyl groups is 1. The van der Waals surface area contributed by atoms with Crippen LogP contribution in [0.2, 0.25) is 10.4 Å². The second-order valence-electron chi connectivity index (χ2n) is 3.49. The Hall–Kier alpha value is -0.580. The van der Waals surface area contributed by atoms with Crippen LogP contribution >= 0.6 is 23.2 Å². The number of aliphatic hydroxyl groups excluding tert-OH is 1. The van der Waals surface area contributed by atoms with Crippen molar-refractivity contribution in [2.24, 2.45) is 0 Å². The lowest BCUT2D eigenvalue weighted by Gasteiger charge is -2.23. The molecular weight excluding hydrogens is 237 g/mol. The Labute approximate surface area is 97.9 Å². The SMILES string of the molecule is OC[C@@H]1CCCN1c1cc(Cl)nc(Cl)n1. The Morgan fingerprint density at radius 1 is 1.47 bits per heavy atom. The molecular formula is C9H11Cl2N3O. The van der Waals surface area contributed by atoms with Gasteiger partial charge in [-0.05, 0) is 24.4 Å². The maximum absolute atomic E-state index is 9.19. The molecule has 6 heteroatoms. The Morgan fingerprint density at radius 3 is 2.93 bits per heavy atom. The molecule has 0 amide bonds. The zero-order chi connectivity index (χ0) is 10.8. The van der Waals surface area contributed by atoms with Gasteiger partial charge in [0.2, 0.25) is 5.28 Å². The second kappa shape index (κ2) is 4.51. The zero-order valence-electron chi connectivity index (χ0n) is 8.03. The quantitative estimate of drug-likeness (QED) is 0.639. The summed E-state index contributed by atoms with van der Waals surface area (Å²) >= 11 is 11.5. The monoisotopic (exact) mass is 247 g/mol. The van der Waals surface area contributed by atoms with Crippen molar-refractivity contribution in [1.29, 1.82) is 0 Å². The molecule has 4 nitrogen and oxygen atoms in total. The first-order chi connectivity index (χ1) is 7.20. The summed E-state index contributed by atoms with van der Waals surface area (Å²) in [5.41, 5.74) is 0. The molecule has 1 atom stereocenters. The van der Waals surface area contributed by atoms with Gasteiger partial charge >= 0.3 is 0 Å². The van der Waals surface area contributed by atoms with E-state index in [0.29, 0.717) is 11.0 Å². The number of rotatable bonds is 2. The summed E-state index contributed by atoms with van der Waals surface area (Å²) in [5.74, 6) is 0.691. The van der Waals surface area contributed by atoms with E-state index in [9.17, 15) is 5.11 Å². The summed E-state index contributed by atoms with van der Waals surface area (Å²) in [6, 6.07) is 1.79. The topological polar surface area (TPSA) is 49.2 Å². The molecule has 82 valence electrons. The van der Waals surface area contributed by atoms with E-state index in [1.54, 1.807) is 6.07 Å². The highest BCUT2D eigenvalue weighted by Gasteiger charge is 2.25. The molecule has 0 aliphatic carbocycles. The molecule has 1 fully saturated rings. The summed E-state index contributed by atoms with van der Waals surface area (Å²) in [6.07, 6.45) is 2.01. The van der Waals surface area contributed by atoms with Gasteiger partial charge in [-0.2, -0.15) is 0 Å². The molecule has 1 saturated heterocycles. The summed E-state index contributed by atoms with van der Waals surface area (Å²) in [7, 11) is 0. The Morgan fingerprint density at radius 2 is 2.27 bits per heavy atom. The standard InChI is InChI=1S/C9H11Cl2N3O/c10-7-4-8(13-9(11)12-7)14-3-1-2-6(14)5-15/h4,6,15H,1-3,5H2/t6-/m0/s1. The molecule has 1 N–H and O–H groups in total. The van der Waals surface area contributed by atoms with E-state index in [0.717, 1.165) is 19.4 Å². The second-order valence-corrected chi connectivity index (χ2v) is 4.22. The molecule has 1 aromatic rings. The fourth-order valence-corrected chi connectivity index (χ4v) is 2.25. The summed E-state index contributed by atoms with van der Waals surface area (Å²) in [6.45, 7) is 0.994. The van der Waals surface area contributed by atoms with Crippen LogP contribution in [0.25, 0.3) is 0 Å². The molecule has 0 radical (unpaired) electrons. The molecule has 0 saturated carbocycles. The first-order valence-corrected chi connectivity index (χ1v) is 5.54. The van der Waals surface area contributed by atoms with Gasteiger partial charge in [-0.3, -0.25) is 0 Å². The van der Waals surface area contributed by atoms with Gasteiger partial charge in [-0.1, -0.05) is 11.6 Å². The maximum Gasteiger partial charge on any atom is 0.225 e. The number of halogens is 2. The molecule has 0 bridgehead atoms. The largest absolute Gasteiger partial charge is 0.394 e. The predicted molar refractivity (Wildman–Crippen MR) is 59.5 cm³/mol. The number of hydrogen-bond donors (Lipinski definition) is 1. The summed E-state index contributed by atoms with van der Waals surface area (Å²) in [4.78, 5) is 9.90. The van der Waals surface area contributed by atoms with Gasteiger partial charge in [0.25, 0.3) is 0 Å². The van der Waals surface area contributed by atoms with Gasteiger partial charge in [0, 0.05) is 12.6 Å². The first kappa shape index (κ1) is 10.9. The third-order valence-electron chi connectivity index (χ3n) is 2.54. The number of anilines is 1. The van der Waals surface area contributed by atoms with E-state index in [2.05, 4.69) is 9.97 Å². The first-order valence-electron chi connectivity index (χ1n) is 4.78. The van der Waals surface area contributed by atoms with Gasteiger partial charge in [0.15, 0.2) is 0 Å². The smallest absolute Gasteiger partial charge is 0.225 e. The van der Waals surface area contributed by atoms with Gasteiger partial charge in [-0.25, -0.2) is 9.97 Å². The van der Waals surface area contributed by atoms with E-state index in [1.807, 2.05) is 4.90 Å². The Bertz CT molecular complexity index is 341. The highest BCUT2D eigenvalue weighted by atomic mass is 35.5. The van der Waals surface area contributed by atoms with Crippen LogP contribution in [0.5, 0.6) is 0 Å². The molecule has 0 unspecified atom stereocenters. The van der Waals surface area contributed by atoms with Crippen molar-refractivity contribution in [3.63, 3.8) is 0 Å². The van der Waals surface area contributed by atoms with Crippen LogP contribution in [0, 0.1) is 0 Å². The van der Waals surface area contributed by atoms with Crippen molar-refractivity contribution in [3.8, 4) is 0 Å². The van der Waals surface area contributed by atoms with E-state index >= 15 is 0 Å². The van der Waals surface area contributed by atoms with Crippen molar-refractivity contribution in [3.05, 3.63) is 16.5 Å². The predicted octanol–water partition coefficient (Wildman–Crippen LogP) is 1.74. The van der Waals surface area contributed by atoms with Gasteiger partial charge in [-0.15, -0.1) is 0 Å². The van der Waals surface area contributed by atoms with Crippen molar-refractivity contribution in [2.75, 3.05) is 18.1 Å². The number of aromatic nitrogens is 2. The van der Waals surface area contributed by atoms with E-state index in [1.165, 1.54) is 0 Å². The highest BCUT2D eigenvalue weighted by molar-refractivity contribution is 6.32. The van der Waals surface area contributed by atoms with Crippen LogP contribution in [-0.2, 0) is 0 Å². The maximum atomic E-state index is 9.19. The summed E-state index contributed by atoms with van der Waals surface area (Å²) < 4.78 is 0. The lowest BCUT2D eigenvalue weighted by atomic mass is 10.2. The lowest BCUT2D eigenvalue weighted by Crippen LogP contribution is -2.32. The highest BCUT2D eigenvalue weighted by Crippen LogP contribution is 2.26. The van der Waals surface area contributed by atoms with E-state index < -0.39 is 0 Å². The third kappa shape index (κ3) is 2.33. The minimum atomic E-state index is 0.118. The lowest BCUT2D eigenvalue weighted by molar-refractivity contribution is 0.266. The molecule has 1 aromatic heterocycles. The molecule has 1 aliphatic heterocycles. The average Bonchev–Trinajstić information content (AvgIpc) is 2.63. The van der Waals surface area contributed by atoms with Gasteiger partial charge in [0.1, 0.15) is 11.0 Å². The van der Waals surface area contributed by atoms with Crippen molar-refractivity contribution in [2.45, 2.75) is 18.9 Å². The van der Waals surface area contributed by atoms with E-state index in [-0.39, 0.29) is 17.9 Å². The fraction of sp³-hybridized carbons (Fsp3) is 0.556. The van der Waals surface area contributed by atoms with Crippen molar-refractivity contribution in [1.82, 2.24) is 9.97 Å². The zero-order valence-corrected chi connectivity index (χ0v) is 9.54. The van der Waals surface area contributed by atoms with Crippen LogP contribution in [0.15, 0.2) is 6.07 Å². The minimum Gasteiger partial charge on any atom is -0.394 e. The van der Waals surface area contributed by atoms with Gasteiger partial charge < -0.3 is 10.0 Å². The molecule has 2 rings (SSSR count). The normalized spacial score (nSPS) is 21.0. The Balaban J connectivity index is 2.28. The molecule has 0 spiro atoms. The third-order valence-corrected chi connectivity index (χ3v) is 2.90. The van der Waals surface area contributed by atoms with Crippen LogP contribution in [0.3, 0.4) is 0 Å². The van der Waals surface area contributed by atoms with E-state index in [4.69, 9.17) is 23.2 Å².